The van der Waals surface area contributed by atoms with Gasteiger partial charge in [-0.05, 0) is 48.0 Å². The van der Waals surface area contributed by atoms with Gasteiger partial charge in [-0.1, -0.05) is 34.1 Å². The third-order valence-corrected chi connectivity index (χ3v) is 3.66. The van der Waals surface area contributed by atoms with E-state index in [0.29, 0.717) is 0 Å². The fourth-order valence-corrected chi connectivity index (χ4v) is 2.50. The van der Waals surface area contributed by atoms with Crippen molar-refractivity contribution in [3.8, 4) is 11.3 Å². The van der Waals surface area contributed by atoms with Crippen LogP contribution in [0, 0.1) is 0 Å². The van der Waals surface area contributed by atoms with E-state index in [1.807, 2.05) is 25.1 Å². The summed E-state index contributed by atoms with van der Waals surface area (Å²) in [6, 6.07) is 16.4. The lowest BCUT2D eigenvalue weighted by Gasteiger charge is -2.03. The topological polar surface area (TPSA) is 39.2 Å². The maximum Gasteiger partial charge on any atom is 0.134 e. The second kappa shape index (κ2) is 4.83. The summed E-state index contributed by atoms with van der Waals surface area (Å²) in [6.45, 7) is 1.92. The second-order valence-electron chi connectivity index (χ2n) is 4.70. The van der Waals surface area contributed by atoms with Crippen molar-refractivity contribution in [3.63, 3.8) is 0 Å². The van der Waals surface area contributed by atoms with Crippen LogP contribution in [0.4, 0.5) is 0 Å². The minimum atomic E-state index is -0.0786. The molecule has 0 saturated carbocycles. The molecule has 0 spiro atoms. The lowest BCUT2D eigenvalue weighted by molar-refractivity contribution is 0.491. The molecule has 0 aliphatic carbocycles. The molecule has 19 heavy (non-hydrogen) atoms. The van der Waals surface area contributed by atoms with Crippen molar-refractivity contribution in [3.05, 3.63) is 58.8 Å². The number of hydrogen-bond donors (Lipinski definition) is 1. The number of benzene rings is 2. The average molecular weight is 316 g/mol. The van der Waals surface area contributed by atoms with E-state index in [2.05, 4.69) is 46.3 Å². The summed E-state index contributed by atoms with van der Waals surface area (Å²) in [4.78, 5) is 0. The third kappa shape index (κ3) is 2.44. The molecule has 1 atom stereocenters. The van der Waals surface area contributed by atoms with Crippen molar-refractivity contribution in [2.75, 3.05) is 0 Å². The Bertz CT molecular complexity index is 730. The highest BCUT2D eigenvalue weighted by molar-refractivity contribution is 9.10. The minimum absolute atomic E-state index is 0.0786. The predicted octanol–water partition coefficient (Wildman–Crippen LogP) is 4.88. The molecular weight excluding hydrogens is 302 g/mol. The molecule has 0 radical (unpaired) electrons. The zero-order chi connectivity index (χ0) is 13.4. The first-order valence-electron chi connectivity index (χ1n) is 6.18. The van der Waals surface area contributed by atoms with Crippen molar-refractivity contribution < 1.29 is 4.42 Å². The maximum atomic E-state index is 5.81. The Morgan fingerprint density at radius 2 is 1.74 bits per heavy atom. The van der Waals surface area contributed by atoms with E-state index in [1.54, 1.807) is 0 Å². The normalized spacial score (nSPS) is 12.8. The molecule has 2 nitrogen and oxygen atoms in total. The molecule has 1 heterocycles. The molecule has 1 unspecified atom stereocenters. The maximum absolute atomic E-state index is 5.81. The van der Waals surface area contributed by atoms with Crippen LogP contribution in [0.1, 0.15) is 18.7 Å². The van der Waals surface area contributed by atoms with Crippen molar-refractivity contribution in [2.24, 2.45) is 5.73 Å². The number of rotatable bonds is 2. The smallest absolute Gasteiger partial charge is 0.134 e. The van der Waals surface area contributed by atoms with Gasteiger partial charge in [-0.3, -0.25) is 0 Å². The first kappa shape index (κ1) is 12.5. The van der Waals surface area contributed by atoms with Gasteiger partial charge in [0.25, 0.3) is 0 Å². The monoisotopic (exact) mass is 315 g/mol. The number of nitrogens with two attached hydrogens (primary N) is 1. The largest absolute Gasteiger partial charge is 0.459 e. The number of furan rings is 1. The van der Waals surface area contributed by atoms with Crippen molar-refractivity contribution in [1.82, 2.24) is 0 Å². The first-order valence-corrected chi connectivity index (χ1v) is 6.98. The molecule has 3 rings (SSSR count). The first-order chi connectivity index (χ1) is 9.13. The molecule has 1 aromatic heterocycles. The SMILES string of the molecule is CC(N)c1ccc(-c2ccc3cc(Br)ccc3c2)o1. The van der Waals surface area contributed by atoms with Crippen molar-refractivity contribution in [2.45, 2.75) is 13.0 Å². The van der Waals surface area contributed by atoms with Gasteiger partial charge in [0.2, 0.25) is 0 Å². The summed E-state index contributed by atoms with van der Waals surface area (Å²) in [7, 11) is 0. The van der Waals surface area contributed by atoms with Gasteiger partial charge in [-0.2, -0.15) is 0 Å². The van der Waals surface area contributed by atoms with Gasteiger partial charge in [-0.15, -0.1) is 0 Å². The van der Waals surface area contributed by atoms with Crippen LogP contribution in [0.15, 0.2) is 57.4 Å². The third-order valence-electron chi connectivity index (χ3n) is 3.16. The average Bonchev–Trinajstić information content (AvgIpc) is 2.88. The quantitative estimate of drug-likeness (QED) is 0.731. The van der Waals surface area contributed by atoms with Crippen molar-refractivity contribution >= 4 is 26.7 Å². The van der Waals surface area contributed by atoms with Crippen LogP contribution >= 0.6 is 15.9 Å². The molecule has 0 aliphatic rings. The molecule has 3 aromatic rings. The minimum Gasteiger partial charge on any atom is -0.459 e. The van der Waals surface area contributed by atoms with Crippen LogP contribution in [-0.2, 0) is 0 Å². The van der Waals surface area contributed by atoms with E-state index >= 15 is 0 Å². The summed E-state index contributed by atoms with van der Waals surface area (Å²) in [5.74, 6) is 1.67. The fraction of sp³-hybridized carbons (Fsp3) is 0.125. The molecule has 2 aromatic carbocycles. The summed E-state index contributed by atoms with van der Waals surface area (Å²) >= 11 is 3.48. The molecule has 0 bridgehead atoms. The Labute approximate surface area is 120 Å². The molecule has 3 heteroatoms. The van der Waals surface area contributed by atoms with E-state index in [-0.39, 0.29) is 6.04 Å². The molecule has 96 valence electrons. The van der Waals surface area contributed by atoms with Gasteiger partial charge in [-0.25, -0.2) is 0 Å². The zero-order valence-electron chi connectivity index (χ0n) is 10.6. The molecule has 0 saturated heterocycles. The van der Waals surface area contributed by atoms with Crippen LogP contribution in [-0.4, -0.2) is 0 Å². The van der Waals surface area contributed by atoms with Gasteiger partial charge < -0.3 is 10.2 Å². The molecule has 0 fully saturated rings. The predicted molar refractivity (Wildman–Crippen MR) is 82.0 cm³/mol. The standard InChI is InChI=1S/C16H14BrNO/c1-10(18)15-6-7-16(19-15)13-3-2-12-9-14(17)5-4-11(12)8-13/h2-10H,18H2,1H3. The highest BCUT2D eigenvalue weighted by Gasteiger charge is 2.08. The Hall–Kier alpha value is -1.58. The van der Waals surface area contributed by atoms with Crippen LogP contribution in [0.5, 0.6) is 0 Å². The second-order valence-corrected chi connectivity index (χ2v) is 5.61. The number of fused-ring (bicyclic) bond motifs is 1. The molecule has 2 N–H and O–H groups in total. The van der Waals surface area contributed by atoms with E-state index < -0.39 is 0 Å². The van der Waals surface area contributed by atoms with Gasteiger partial charge in [0.05, 0.1) is 6.04 Å². The van der Waals surface area contributed by atoms with E-state index in [0.717, 1.165) is 21.6 Å². The molecule has 0 aliphatic heterocycles. The van der Waals surface area contributed by atoms with E-state index in [9.17, 15) is 0 Å². The van der Waals surface area contributed by atoms with Gasteiger partial charge in [0.1, 0.15) is 11.5 Å². The van der Waals surface area contributed by atoms with Crippen molar-refractivity contribution in [1.29, 1.82) is 0 Å². The lowest BCUT2D eigenvalue weighted by Crippen LogP contribution is -2.02. The summed E-state index contributed by atoms with van der Waals surface area (Å²) in [5.41, 5.74) is 6.88. The van der Waals surface area contributed by atoms with Crippen LogP contribution in [0.2, 0.25) is 0 Å². The highest BCUT2D eigenvalue weighted by Crippen LogP contribution is 2.28. The fourth-order valence-electron chi connectivity index (χ4n) is 2.12. The Balaban J connectivity index is 2.07. The summed E-state index contributed by atoms with van der Waals surface area (Å²) in [5, 5.41) is 2.40. The Morgan fingerprint density at radius 3 is 2.47 bits per heavy atom. The lowest BCUT2D eigenvalue weighted by atomic mass is 10.1. The van der Waals surface area contributed by atoms with Gasteiger partial charge in [0.15, 0.2) is 0 Å². The zero-order valence-corrected chi connectivity index (χ0v) is 12.1. The van der Waals surface area contributed by atoms with Gasteiger partial charge >= 0.3 is 0 Å². The highest BCUT2D eigenvalue weighted by atomic mass is 79.9. The summed E-state index contributed by atoms with van der Waals surface area (Å²) < 4.78 is 6.86. The van der Waals surface area contributed by atoms with Gasteiger partial charge in [0, 0.05) is 10.0 Å². The summed E-state index contributed by atoms with van der Waals surface area (Å²) in [6.07, 6.45) is 0. The Kier molecular flexibility index (Phi) is 3.17. The van der Waals surface area contributed by atoms with E-state index in [4.69, 9.17) is 10.2 Å². The van der Waals surface area contributed by atoms with Crippen LogP contribution < -0.4 is 5.73 Å². The Morgan fingerprint density at radius 1 is 1.00 bits per heavy atom. The van der Waals surface area contributed by atoms with Crippen LogP contribution in [0.25, 0.3) is 22.1 Å². The number of halogens is 1. The molecular formula is C16H14BrNO. The number of hydrogen-bond acceptors (Lipinski definition) is 2. The van der Waals surface area contributed by atoms with Crippen LogP contribution in [0.3, 0.4) is 0 Å². The van der Waals surface area contributed by atoms with E-state index in [1.165, 1.54) is 10.8 Å². The molecule has 0 amide bonds.